The van der Waals surface area contributed by atoms with Crippen LogP contribution in [-0.2, 0) is 16.1 Å². The second kappa shape index (κ2) is 11.8. The van der Waals surface area contributed by atoms with Crippen molar-refractivity contribution in [2.75, 3.05) is 20.8 Å². The predicted octanol–water partition coefficient (Wildman–Crippen LogP) is 4.21. The van der Waals surface area contributed by atoms with E-state index in [0.717, 1.165) is 31.2 Å². The average molecular weight is 475 g/mol. The van der Waals surface area contributed by atoms with Gasteiger partial charge in [-0.2, -0.15) is 0 Å². The Morgan fingerprint density at radius 2 is 1.70 bits per heavy atom. The SMILES string of the molecule is COc1cc(OC)cc(OCC(=O)N(Cc2cccc(Cl)c2)C(C)C(=O)NC2CCCC2)c1. The highest BCUT2D eigenvalue weighted by molar-refractivity contribution is 6.30. The summed E-state index contributed by atoms with van der Waals surface area (Å²) < 4.78 is 16.3. The van der Waals surface area contributed by atoms with Crippen LogP contribution in [0.1, 0.15) is 38.2 Å². The quantitative estimate of drug-likeness (QED) is 0.558. The normalized spacial score (nSPS) is 14.4. The van der Waals surface area contributed by atoms with E-state index < -0.39 is 6.04 Å². The number of methoxy groups -OCH3 is 2. The predicted molar refractivity (Wildman–Crippen MR) is 127 cm³/mol. The van der Waals surface area contributed by atoms with Gasteiger partial charge in [0.2, 0.25) is 5.91 Å². The molecule has 1 saturated carbocycles. The van der Waals surface area contributed by atoms with Crippen LogP contribution in [0.25, 0.3) is 0 Å². The first kappa shape index (κ1) is 24.7. The summed E-state index contributed by atoms with van der Waals surface area (Å²) in [6.45, 7) is 1.74. The molecule has 178 valence electrons. The first-order chi connectivity index (χ1) is 15.9. The number of carbonyl (C=O) groups excluding carboxylic acids is 2. The lowest BCUT2D eigenvalue weighted by Gasteiger charge is -2.29. The van der Waals surface area contributed by atoms with E-state index >= 15 is 0 Å². The molecule has 1 aliphatic rings. The minimum atomic E-state index is -0.666. The van der Waals surface area contributed by atoms with Crippen LogP contribution in [0.4, 0.5) is 0 Å². The summed E-state index contributed by atoms with van der Waals surface area (Å²) in [7, 11) is 3.09. The number of halogens is 1. The molecule has 7 nitrogen and oxygen atoms in total. The number of hydrogen-bond acceptors (Lipinski definition) is 5. The fourth-order valence-electron chi connectivity index (χ4n) is 3.90. The first-order valence-corrected chi connectivity index (χ1v) is 11.5. The van der Waals surface area contributed by atoms with Crippen molar-refractivity contribution in [1.29, 1.82) is 0 Å². The molecule has 1 atom stereocenters. The second-order valence-corrected chi connectivity index (χ2v) is 8.59. The highest BCUT2D eigenvalue weighted by atomic mass is 35.5. The molecule has 0 aliphatic heterocycles. The van der Waals surface area contributed by atoms with E-state index in [0.29, 0.717) is 22.3 Å². The number of ether oxygens (including phenoxy) is 3. The molecule has 8 heteroatoms. The van der Waals surface area contributed by atoms with Gasteiger partial charge < -0.3 is 24.4 Å². The third-order valence-corrected chi connectivity index (χ3v) is 6.03. The Bertz CT molecular complexity index is 939. The molecule has 1 fully saturated rings. The fraction of sp³-hybridized carbons (Fsp3) is 0.440. The largest absolute Gasteiger partial charge is 0.496 e. The van der Waals surface area contributed by atoms with Crippen LogP contribution in [0.2, 0.25) is 5.02 Å². The Kier molecular flexibility index (Phi) is 8.83. The van der Waals surface area contributed by atoms with E-state index in [1.165, 1.54) is 4.90 Å². The number of nitrogens with one attached hydrogen (secondary N) is 1. The summed E-state index contributed by atoms with van der Waals surface area (Å²) in [4.78, 5) is 27.7. The van der Waals surface area contributed by atoms with Gasteiger partial charge in [-0.3, -0.25) is 9.59 Å². The molecule has 2 amide bonds. The molecule has 2 aromatic rings. The van der Waals surface area contributed by atoms with Crippen LogP contribution < -0.4 is 19.5 Å². The molecule has 0 heterocycles. The molecule has 3 rings (SSSR count). The Balaban J connectivity index is 1.74. The van der Waals surface area contributed by atoms with Crippen molar-refractivity contribution >= 4 is 23.4 Å². The molecule has 0 bridgehead atoms. The summed E-state index contributed by atoms with van der Waals surface area (Å²) in [6.07, 6.45) is 4.17. The zero-order chi connectivity index (χ0) is 23.8. The fourth-order valence-corrected chi connectivity index (χ4v) is 4.11. The van der Waals surface area contributed by atoms with Crippen molar-refractivity contribution in [3.8, 4) is 17.2 Å². The van der Waals surface area contributed by atoms with Gasteiger partial charge in [-0.05, 0) is 37.5 Å². The van der Waals surface area contributed by atoms with Gasteiger partial charge in [-0.1, -0.05) is 36.6 Å². The Morgan fingerprint density at radius 3 is 2.30 bits per heavy atom. The van der Waals surface area contributed by atoms with Crippen molar-refractivity contribution in [3.05, 3.63) is 53.1 Å². The zero-order valence-electron chi connectivity index (χ0n) is 19.3. The van der Waals surface area contributed by atoms with Gasteiger partial charge in [-0.25, -0.2) is 0 Å². The van der Waals surface area contributed by atoms with Gasteiger partial charge in [0, 0.05) is 35.8 Å². The van der Waals surface area contributed by atoms with Crippen LogP contribution in [0, 0.1) is 0 Å². The molecular formula is C25H31ClN2O5. The summed E-state index contributed by atoms with van der Waals surface area (Å²) in [5.74, 6) is 1.06. The number of carbonyl (C=O) groups is 2. The van der Waals surface area contributed by atoms with Crippen molar-refractivity contribution in [3.63, 3.8) is 0 Å². The maximum absolute atomic E-state index is 13.2. The standard InChI is InChI=1S/C25H31ClN2O5/c1-17(25(30)27-20-9-4-5-10-20)28(15-18-7-6-8-19(26)11-18)24(29)16-33-23-13-21(31-2)12-22(14-23)32-3/h6-8,11-14,17,20H,4-5,9-10,15-16H2,1-3H3,(H,27,30). The van der Waals surface area contributed by atoms with Crippen molar-refractivity contribution in [1.82, 2.24) is 10.2 Å². The third-order valence-electron chi connectivity index (χ3n) is 5.80. The van der Waals surface area contributed by atoms with Crippen LogP contribution in [0.15, 0.2) is 42.5 Å². The van der Waals surface area contributed by atoms with Crippen LogP contribution >= 0.6 is 11.6 Å². The molecule has 33 heavy (non-hydrogen) atoms. The molecule has 1 aliphatic carbocycles. The lowest BCUT2D eigenvalue weighted by atomic mass is 10.1. The number of hydrogen-bond donors (Lipinski definition) is 1. The van der Waals surface area contributed by atoms with Gasteiger partial charge in [0.25, 0.3) is 5.91 Å². The number of nitrogens with zero attached hydrogens (tertiary/aromatic N) is 1. The molecule has 1 unspecified atom stereocenters. The Labute approximate surface area is 200 Å². The first-order valence-electron chi connectivity index (χ1n) is 11.1. The average Bonchev–Trinajstić information content (AvgIpc) is 3.33. The van der Waals surface area contributed by atoms with Gasteiger partial charge in [0.1, 0.15) is 23.3 Å². The monoisotopic (exact) mass is 474 g/mol. The van der Waals surface area contributed by atoms with E-state index in [-0.39, 0.29) is 31.0 Å². The maximum atomic E-state index is 13.2. The van der Waals surface area contributed by atoms with Crippen molar-refractivity contribution in [2.45, 2.75) is 51.2 Å². The van der Waals surface area contributed by atoms with Gasteiger partial charge >= 0.3 is 0 Å². The molecule has 1 N–H and O–H groups in total. The van der Waals surface area contributed by atoms with E-state index in [2.05, 4.69) is 5.32 Å². The van der Waals surface area contributed by atoms with Crippen LogP contribution in [0.3, 0.4) is 0 Å². The van der Waals surface area contributed by atoms with Crippen LogP contribution in [0.5, 0.6) is 17.2 Å². The van der Waals surface area contributed by atoms with Gasteiger partial charge in [-0.15, -0.1) is 0 Å². The summed E-state index contributed by atoms with van der Waals surface area (Å²) in [5.41, 5.74) is 0.833. The topological polar surface area (TPSA) is 77.1 Å². The van der Waals surface area contributed by atoms with E-state index in [4.69, 9.17) is 25.8 Å². The van der Waals surface area contributed by atoms with E-state index in [1.807, 2.05) is 12.1 Å². The summed E-state index contributed by atoms with van der Waals surface area (Å²) in [5, 5.41) is 3.65. The second-order valence-electron chi connectivity index (χ2n) is 8.15. The summed E-state index contributed by atoms with van der Waals surface area (Å²) in [6, 6.07) is 11.8. The van der Waals surface area contributed by atoms with E-state index in [9.17, 15) is 9.59 Å². The van der Waals surface area contributed by atoms with E-state index in [1.54, 1.807) is 51.5 Å². The lowest BCUT2D eigenvalue weighted by molar-refractivity contribution is -0.142. The smallest absolute Gasteiger partial charge is 0.261 e. The highest BCUT2D eigenvalue weighted by Gasteiger charge is 2.28. The van der Waals surface area contributed by atoms with Crippen molar-refractivity contribution in [2.24, 2.45) is 0 Å². The molecule has 0 spiro atoms. The molecule has 0 radical (unpaired) electrons. The zero-order valence-corrected chi connectivity index (χ0v) is 20.1. The van der Waals surface area contributed by atoms with Crippen LogP contribution in [-0.4, -0.2) is 49.6 Å². The Morgan fingerprint density at radius 1 is 1.06 bits per heavy atom. The number of rotatable bonds is 10. The molecule has 0 saturated heterocycles. The molecule has 2 aromatic carbocycles. The Hall–Kier alpha value is -2.93. The van der Waals surface area contributed by atoms with Crippen molar-refractivity contribution < 1.29 is 23.8 Å². The molecule has 0 aromatic heterocycles. The lowest BCUT2D eigenvalue weighted by Crippen LogP contribution is -2.50. The minimum Gasteiger partial charge on any atom is -0.496 e. The molecular weight excluding hydrogens is 444 g/mol. The summed E-state index contributed by atoms with van der Waals surface area (Å²) >= 11 is 6.13. The van der Waals surface area contributed by atoms with Gasteiger partial charge in [0.15, 0.2) is 6.61 Å². The minimum absolute atomic E-state index is 0.166. The third kappa shape index (κ3) is 7.02. The number of amides is 2. The number of benzene rings is 2. The maximum Gasteiger partial charge on any atom is 0.261 e. The highest BCUT2D eigenvalue weighted by Crippen LogP contribution is 2.27. The van der Waals surface area contributed by atoms with Gasteiger partial charge in [0.05, 0.1) is 14.2 Å².